The number of carbonyl (C=O) groups is 2. The van der Waals surface area contributed by atoms with Crippen LogP contribution in [0.15, 0.2) is 85.2 Å². The SMILES string of the molecule is O=C(C[n+]1cccc(NC(=O)c2ccccc2)c1)c1ccccc1.[Br-]. The number of carbonyl (C=O) groups excluding carboxylic acids is 2. The first-order valence-corrected chi connectivity index (χ1v) is 7.66. The second-order valence-electron chi connectivity index (χ2n) is 5.37. The van der Waals surface area contributed by atoms with Crippen molar-refractivity contribution in [3.63, 3.8) is 0 Å². The van der Waals surface area contributed by atoms with E-state index in [1.54, 1.807) is 53.4 Å². The maximum Gasteiger partial charge on any atom is 0.255 e. The average Bonchev–Trinajstić information content (AvgIpc) is 2.63. The zero-order valence-corrected chi connectivity index (χ0v) is 15.0. The van der Waals surface area contributed by atoms with Crippen LogP contribution in [0.4, 0.5) is 5.69 Å². The molecule has 25 heavy (non-hydrogen) atoms. The van der Waals surface area contributed by atoms with Crippen LogP contribution in [-0.4, -0.2) is 11.7 Å². The van der Waals surface area contributed by atoms with Crippen LogP contribution in [0.2, 0.25) is 0 Å². The molecule has 5 heteroatoms. The molecule has 2 aromatic carbocycles. The zero-order chi connectivity index (χ0) is 16.8. The van der Waals surface area contributed by atoms with Crippen LogP contribution in [0.1, 0.15) is 20.7 Å². The Balaban J connectivity index is 0.00000225. The summed E-state index contributed by atoms with van der Waals surface area (Å²) in [6.07, 6.45) is 3.56. The summed E-state index contributed by atoms with van der Waals surface area (Å²) in [4.78, 5) is 24.4. The van der Waals surface area contributed by atoms with Gasteiger partial charge in [-0.15, -0.1) is 0 Å². The minimum atomic E-state index is -0.178. The Hall–Kier alpha value is -2.79. The molecular formula is C20H17BrN2O2. The second-order valence-corrected chi connectivity index (χ2v) is 5.37. The predicted octanol–water partition coefficient (Wildman–Crippen LogP) is 0.113. The summed E-state index contributed by atoms with van der Waals surface area (Å²) in [5.41, 5.74) is 1.91. The minimum absolute atomic E-state index is 0. The van der Waals surface area contributed by atoms with Gasteiger partial charge in [0.2, 0.25) is 12.3 Å². The van der Waals surface area contributed by atoms with Gasteiger partial charge in [0.05, 0.1) is 0 Å². The number of rotatable bonds is 5. The van der Waals surface area contributed by atoms with Gasteiger partial charge in [0.25, 0.3) is 5.91 Å². The number of hydrogen-bond acceptors (Lipinski definition) is 2. The standard InChI is InChI=1S/C20H16N2O2.BrH/c23-19(16-8-3-1-4-9-16)15-22-13-7-12-18(14-22)21-20(24)17-10-5-2-6-11-17;/h1-14H,15H2;1H. The van der Waals surface area contributed by atoms with Crippen LogP contribution in [0.5, 0.6) is 0 Å². The van der Waals surface area contributed by atoms with Crippen molar-refractivity contribution in [1.29, 1.82) is 0 Å². The van der Waals surface area contributed by atoms with Crippen LogP contribution in [0.3, 0.4) is 0 Å². The fraction of sp³-hybridized carbons (Fsp3) is 0.0500. The predicted molar refractivity (Wildman–Crippen MR) is 91.8 cm³/mol. The molecule has 0 radical (unpaired) electrons. The largest absolute Gasteiger partial charge is 1.00 e. The van der Waals surface area contributed by atoms with Crippen molar-refractivity contribution in [2.24, 2.45) is 0 Å². The van der Waals surface area contributed by atoms with E-state index >= 15 is 0 Å². The summed E-state index contributed by atoms with van der Waals surface area (Å²) in [6, 6.07) is 21.8. The summed E-state index contributed by atoms with van der Waals surface area (Å²) in [7, 11) is 0. The molecule has 1 amide bonds. The summed E-state index contributed by atoms with van der Waals surface area (Å²) >= 11 is 0. The van der Waals surface area contributed by atoms with Gasteiger partial charge in [0, 0.05) is 17.2 Å². The number of ketones is 1. The number of anilines is 1. The van der Waals surface area contributed by atoms with E-state index in [9.17, 15) is 9.59 Å². The molecule has 0 aliphatic heterocycles. The Morgan fingerprint density at radius 2 is 1.40 bits per heavy atom. The smallest absolute Gasteiger partial charge is 0.255 e. The van der Waals surface area contributed by atoms with Crippen molar-refractivity contribution in [3.8, 4) is 0 Å². The van der Waals surface area contributed by atoms with Gasteiger partial charge in [0.15, 0.2) is 12.4 Å². The Labute approximate surface area is 156 Å². The van der Waals surface area contributed by atoms with Crippen LogP contribution < -0.4 is 26.9 Å². The molecule has 1 N–H and O–H groups in total. The minimum Gasteiger partial charge on any atom is -1.00 e. The van der Waals surface area contributed by atoms with Crippen LogP contribution >= 0.6 is 0 Å². The number of halogens is 1. The van der Waals surface area contributed by atoms with E-state index in [-0.39, 0.29) is 35.2 Å². The molecule has 0 saturated heterocycles. The number of nitrogens with one attached hydrogen (secondary N) is 1. The van der Waals surface area contributed by atoms with E-state index in [2.05, 4.69) is 5.32 Å². The summed E-state index contributed by atoms with van der Waals surface area (Å²) in [5, 5.41) is 2.84. The zero-order valence-electron chi connectivity index (χ0n) is 13.4. The van der Waals surface area contributed by atoms with Gasteiger partial charge in [0.1, 0.15) is 5.69 Å². The molecule has 126 valence electrons. The van der Waals surface area contributed by atoms with Crippen molar-refractivity contribution >= 4 is 17.4 Å². The van der Waals surface area contributed by atoms with Gasteiger partial charge in [-0.05, 0) is 18.2 Å². The van der Waals surface area contributed by atoms with Crippen molar-refractivity contribution in [1.82, 2.24) is 0 Å². The summed E-state index contributed by atoms with van der Waals surface area (Å²) in [5.74, 6) is -0.158. The molecule has 0 atom stereocenters. The topological polar surface area (TPSA) is 50.0 Å². The molecule has 0 aliphatic rings. The molecule has 0 aliphatic carbocycles. The highest BCUT2D eigenvalue weighted by molar-refractivity contribution is 6.04. The van der Waals surface area contributed by atoms with Crippen molar-refractivity contribution in [2.45, 2.75) is 6.54 Å². The lowest BCUT2D eigenvalue weighted by Crippen LogP contribution is -3.00. The van der Waals surface area contributed by atoms with Crippen LogP contribution in [0, 0.1) is 0 Å². The van der Waals surface area contributed by atoms with Gasteiger partial charge < -0.3 is 22.3 Å². The molecule has 3 aromatic rings. The molecule has 3 rings (SSSR count). The van der Waals surface area contributed by atoms with Gasteiger partial charge in [-0.1, -0.05) is 48.5 Å². The van der Waals surface area contributed by atoms with Gasteiger partial charge >= 0.3 is 0 Å². The molecule has 0 saturated carbocycles. The molecular weight excluding hydrogens is 380 g/mol. The molecule has 4 nitrogen and oxygen atoms in total. The Kier molecular flexibility index (Phi) is 6.60. The first-order valence-electron chi connectivity index (χ1n) is 7.66. The van der Waals surface area contributed by atoms with E-state index in [1.165, 1.54) is 0 Å². The van der Waals surface area contributed by atoms with E-state index in [4.69, 9.17) is 0 Å². The number of hydrogen-bond donors (Lipinski definition) is 1. The molecule has 1 heterocycles. The third kappa shape index (κ3) is 5.09. The quantitative estimate of drug-likeness (QED) is 0.491. The van der Waals surface area contributed by atoms with Crippen molar-refractivity contribution < 1.29 is 31.1 Å². The average molecular weight is 397 g/mol. The lowest BCUT2D eigenvalue weighted by atomic mass is 10.1. The third-order valence-electron chi connectivity index (χ3n) is 3.57. The number of aromatic nitrogens is 1. The molecule has 1 aromatic heterocycles. The normalized spacial score (nSPS) is 9.76. The summed E-state index contributed by atoms with van der Waals surface area (Å²) in [6.45, 7) is 0.221. The van der Waals surface area contributed by atoms with E-state index in [0.29, 0.717) is 16.8 Å². The van der Waals surface area contributed by atoms with Crippen LogP contribution in [-0.2, 0) is 6.54 Å². The number of amides is 1. The Bertz CT molecular complexity index is 783. The first kappa shape index (κ1) is 18.5. The maximum absolute atomic E-state index is 12.3. The summed E-state index contributed by atoms with van der Waals surface area (Å²) < 4.78 is 1.76. The van der Waals surface area contributed by atoms with Gasteiger partial charge in [-0.2, -0.15) is 4.57 Å². The highest BCUT2D eigenvalue weighted by Crippen LogP contribution is 2.07. The fourth-order valence-corrected chi connectivity index (χ4v) is 2.37. The van der Waals surface area contributed by atoms with E-state index in [1.807, 2.05) is 36.4 Å². The van der Waals surface area contributed by atoms with E-state index < -0.39 is 0 Å². The molecule has 0 fully saturated rings. The Morgan fingerprint density at radius 1 is 0.800 bits per heavy atom. The molecule has 0 spiro atoms. The second kappa shape index (κ2) is 8.89. The van der Waals surface area contributed by atoms with Gasteiger partial charge in [-0.3, -0.25) is 9.59 Å². The lowest BCUT2D eigenvalue weighted by molar-refractivity contribution is -0.682. The highest BCUT2D eigenvalue weighted by atomic mass is 79.9. The number of nitrogens with zero attached hydrogens (tertiary/aromatic N) is 1. The van der Waals surface area contributed by atoms with Crippen molar-refractivity contribution in [2.75, 3.05) is 5.32 Å². The number of pyridine rings is 1. The number of Topliss-reactive ketones (excluding diaryl/α,β-unsaturated/α-hetero) is 1. The first-order chi connectivity index (χ1) is 11.7. The lowest BCUT2D eigenvalue weighted by Gasteiger charge is -2.04. The maximum atomic E-state index is 12.3. The third-order valence-corrected chi connectivity index (χ3v) is 3.57. The number of benzene rings is 2. The van der Waals surface area contributed by atoms with E-state index in [0.717, 1.165) is 0 Å². The Morgan fingerprint density at radius 3 is 2.04 bits per heavy atom. The fourth-order valence-electron chi connectivity index (χ4n) is 2.37. The van der Waals surface area contributed by atoms with Gasteiger partial charge in [-0.25, -0.2) is 0 Å². The van der Waals surface area contributed by atoms with Crippen molar-refractivity contribution in [3.05, 3.63) is 96.3 Å². The monoisotopic (exact) mass is 396 g/mol. The highest BCUT2D eigenvalue weighted by Gasteiger charge is 2.13. The molecule has 0 unspecified atom stereocenters. The van der Waals surface area contributed by atoms with Crippen LogP contribution in [0.25, 0.3) is 0 Å². The molecule has 0 bridgehead atoms.